The number of rotatable bonds is 9. The highest BCUT2D eigenvalue weighted by molar-refractivity contribution is 7.92. The fraction of sp³-hybridized carbons (Fsp3) is 0.500. The predicted octanol–water partition coefficient (Wildman–Crippen LogP) is 3.05. The van der Waals surface area contributed by atoms with E-state index in [4.69, 9.17) is 4.74 Å². The minimum absolute atomic E-state index is 0.0402. The van der Waals surface area contributed by atoms with Crippen LogP contribution in [0.5, 0.6) is 5.75 Å². The third kappa shape index (κ3) is 5.97. The van der Waals surface area contributed by atoms with E-state index in [1.807, 2.05) is 13.8 Å². The van der Waals surface area contributed by atoms with Crippen LogP contribution in [0.4, 0.5) is 5.69 Å². The average molecular weight is 502 g/mol. The average Bonchev–Trinajstić information content (AvgIpc) is 3.65. The third-order valence-corrected chi connectivity index (χ3v) is 8.13. The Morgan fingerprint density at radius 1 is 1.14 bits per heavy atom. The van der Waals surface area contributed by atoms with Gasteiger partial charge in [0.25, 0.3) is 15.9 Å². The molecule has 35 heavy (non-hydrogen) atoms. The van der Waals surface area contributed by atoms with Gasteiger partial charge in [-0.2, -0.15) is 0 Å². The van der Waals surface area contributed by atoms with E-state index in [0.29, 0.717) is 13.1 Å². The van der Waals surface area contributed by atoms with Crippen molar-refractivity contribution in [2.24, 2.45) is 11.8 Å². The van der Waals surface area contributed by atoms with Crippen molar-refractivity contribution < 1.29 is 23.1 Å². The SMILES string of the molecule is C[C@H](CO)N1C[C@H](C)[C@H](CN(C)CC2CC2)Oc2c(NS(=O)(=O)c3ccccc3)cccc2C1=O. The van der Waals surface area contributed by atoms with Crippen LogP contribution in [0.3, 0.4) is 0 Å². The molecule has 0 bridgehead atoms. The molecule has 2 N–H and O–H groups in total. The maximum atomic E-state index is 13.6. The van der Waals surface area contributed by atoms with E-state index < -0.39 is 10.0 Å². The number of sulfonamides is 1. The highest BCUT2D eigenvalue weighted by Gasteiger charge is 2.35. The van der Waals surface area contributed by atoms with Crippen molar-refractivity contribution in [3.63, 3.8) is 0 Å². The highest BCUT2D eigenvalue weighted by atomic mass is 32.2. The number of carbonyl (C=O) groups excluding carboxylic acids is 1. The summed E-state index contributed by atoms with van der Waals surface area (Å²) in [5.74, 6) is 0.612. The van der Waals surface area contributed by atoms with Crippen LogP contribution in [0.25, 0.3) is 0 Å². The number of para-hydroxylation sites is 1. The molecule has 190 valence electrons. The standard InChI is InChI=1S/C26H35N3O5S/c1-18-14-29(19(2)17-30)26(31)22-10-7-11-23(27-35(32,33)21-8-5-4-6-9-21)25(22)34-24(18)16-28(3)15-20-12-13-20/h4-11,18-20,24,27,30H,12-17H2,1-3H3/t18-,19+,24-/m0/s1. The molecule has 0 radical (unpaired) electrons. The number of aliphatic hydroxyl groups is 1. The molecule has 9 heteroatoms. The summed E-state index contributed by atoms with van der Waals surface area (Å²) in [6.45, 7) is 5.73. The monoisotopic (exact) mass is 501 g/mol. The number of hydrogen-bond acceptors (Lipinski definition) is 6. The number of amides is 1. The summed E-state index contributed by atoms with van der Waals surface area (Å²) in [5, 5.41) is 9.83. The minimum atomic E-state index is -3.89. The summed E-state index contributed by atoms with van der Waals surface area (Å²) in [7, 11) is -1.82. The number of benzene rings is 2. The molecule has 0 unspecified atom stereocenters. The number of hydrogen-bond donors (Lipinski definition) is 2. The molecule has 1 amide bonds. The van der Waals surface area contributed by atoms with Gasteiger partial charge in [0.1, 0.15) is 6.10 Å². The molecule has 0 spiro atoms. The fourth-order valence-corrected chi connectivity index (χ4v) is 5.55. The second-order valence-corrected chi connectivity index (χ2v) is 11.6. The normalized spacial score (nSPS) is 21.6. The minimum Gasteiger partial charge on any atom is -0.486 e. The maximum absolute atomic E-state index is 13.6. The molecule has 2 aromatic rings. The summed E-state index contributed by atoms with van der Waals surface area (Å²) in [6.07, 6.45) is 2.22. The van der Waals surface area contributed by atoms with Crippen molar-refractivity contribution >= 4 is 21.6 Å². The molecule has 1 heterocycles. The van der Waals surface area contributed by atoms with E-state index in [0.717, 1.165) is 12.5 Å². The van der Waals surface area contributed by atoms with Crippen molar-refractivity contribution in [3.8, 4) is 5.75 Å². The van der Waals surface area contributed by atoms with Crippen molar-refractivity contribution in [3.05, 3.63) is 54.1 Å². The first kappa shape index (κ1) is 25.5. The van der Waals surface area contributed by atoms with Gasteiger partial charge >= 0.3 is 0 Å². The number of nitrogens with zero attached hydrogens (tertiary/aromatic N) is 2. The molecule has 8 nitrogen and oxygen atoms in total. The van der Waals surface area contributed by atoms with Gasteiger partial charge in [0.15, 0.2) is 5.75 Å². The Kier molecular flexibility index (Phi) is 7.68. The summed E-state index contributed by atoms with van der Waals surface area (Å²) in [4.78, 5) is 17.6. The van der Waals surface area contributed by atoms with Gasteiger partial charge in [-0.05, 0) is 57.0 Å². The van der Waals surface area contributed by atoms with Crippen LogP contribution in [-0.2, 0) is 10.0 Å². The van der Waals surface area contributed by atoms with Gasteiger partial charge in [0.2, 0.25) is 0 Å². The lowest BCUT2D eigenvalue weighted by Crippen LogP contribution is -2.50. The lowest BCUT2D eigenvalue weighted by molar-refractivity contribution is 0.0346. The first-order valence-electron chi connectivity index (χ1n) is 12.2. The fourth-order valence-electron chi connectivity index (χ4n) is 4.47. The van der Waals surface area contributed by atoms with Gasteiger partial charge in [-0.15, -0.1) is 0 Å². The molecular weight excluding hydrogens is 466 g/mol. The zero-order valence-corrected chi connectivity index (χ0v) is 21.4. The molecule has 4 rings (SSSR count). The number of nitrogens with one attached hydrogen (secondary N) is 1. The lowest BCUT2D eigenvalue weighted by Gasteiger charge is -2.38. The maximum Gasteiger partial charge on any atom is 0.262 e. The third-order valence-electron chi connectivity index (χ3n) is 6.75. The second-order valence-electron chi connectivity index (χ2n) is 9.89. The van der Waals surface area contributed by atoms with Crippen LogP contribution in [0.15, 0.2) is 53.4 Å². The van der Waals surface area contributed by atoms with Crippen molar-refractivity contribution in [2.75, 3.05) is 38.0 Å². The molecule has 2 aromatic carbocycles. The molecule has 2 aliphatic rings. The Labute approximate surface area is 207 Å². The molecule has 1 aliphatic carbocycles. The molecular formula is C26H35N3O5S. The van der Waals surface area contributed by atoms with E-state index >= 15 is 0 Å². The van der Waals surface area contributed by atoms with Gasteiger partial charge in [-0.1, -0.05) is 31.2 Å². The van der Waals surface area contributed by atoms with Gasteiger partial charge in [-0.25, -0.2) is 8.42 Å². The molecule has 1 fully saturated rings. The quantitative estimate of drug-likeness (QED) is 0.548. The van der Waals surface area contributed by atoms with E-state index in [2.05, 4.69) is 16.7 Å². The van der Waals surface area contributed by atoms with Gasteiger partial charge in [0.05, 0.1) is 28.8 Å². The Balaban J connectivity index is 1.72. The Bertz CT molecular complexity index is 1140. The van der Waals surface area contributed by atoms with Crippen LogP contribution in [0.2, 0.25) is 0 Å². The van der Waals surface area contributed by atoms with Gasteiger partial charge < -0.3 is 19.6 Å². The van der Waals surface area contributed by atoms with Crippen LogP contribution in [0, 0.1) is 11.8 Å². The zero-order chi connectivity index (χ0) is 25.2. The van der Waals surface area contributed by atoms with Crippen molar-refractivity contribution in [1.82, 2.24) is 9.80 Å². The Hall–Kier alpha value is -2.62. The summed E-state index contributed by atoms with van der Waals surface area (Å²) >= 11 is 0. The van der Waals surface area contributed by atoms with Gasteiger partial charge in [0, 0.05) is 25.6 Å². The number of aliphatic hydroxyl groups excluding tert-OH is 1. The van der Waals surface area contributed by atoms with Crippen molar-refractivity contribution in [2.45, 2.75) is 43.7 Å². The van der Waals surface area contributed by atoms with E-state index in [-0.39, 0.29) is 52.5 Å². The number of fused-ring (bicyclic) bond motifs is 1. The largest absolute Gasteiger partial charge is 0.486 e. The van der Waals surface area contributed by atoms with Crippen LogP contribution in [-0.4, -0.2) is 74.7 Å². The molecule has 1 saturated carbocycles. The van der Waals surface area contributed by atoms with Gasteiger partial charge in [-0.3, -0.25) is 9.52 Å². The molecule has 0 saturated heterocycles. The molecule has 3 atom stereocenters. The van der Waals surface area contributed by atoms with E-state index in [9.17, 15) is 18.3 Å². The Morgan fingerprint density at radius 2 is 1.86 bits per heavy atom. The van der Waals surface area contributed by atoms with E-state index in [1.165, 1.54) is 25.0 Å². The first-order chi connectivity index (χ1) is 16.7. The van der Waals surface area contributed by atoms with Crippen LogP contribution >= 0.6 is 0 Å². The van der Waals surface area contributed by atoms with E-state index in [1.54, 1.807) is 41.3 Å². The molecule has 0 aromatic heterocycles. The number of anilines is 1. The Morgan fingerprint density at radius 3 is 2.51 bits per heavy atom. The lowest BCUT2D eigenvalue weighted by atomic mass is 9.99. The first-order valence-corrected chi connectivity index (χ1v) is 13.7. The topological polar surface area (TPSA) is 99.2 Å². The number of likely N-dealkylation sites (N-methyl/N-ethyl adjacent to an activating group) is 1. The number of ether oxygens (including phenoxy) is 1. The van der Waals surface area contributed by atoms with Crippen LogP contribution < -0.4 is 9.46 Å². The zero-order valence-electron chi connectivity index (χ0n) is 20.6. The highest BCUT2D eigenvalue weighted by Crippen LogP contribution is 2.36. The predicted molar refractivity (Wildman–Crippen MR) is 135 cm³/mol. The molecule has 1 aliphatic heterocycles. The second kappa shape index (κ2) is 10.6. The van der Waals surface area contributed by atoms with Crippen molar-refractivity contribution in [1.29, 1.82) is 0 Å². The number of carbonyl (C=O) groups is 1. The van der Waals surface area contributed by atoms with Crippen LogP contribution in [0.1, 0.15) is 37.0 Å². The summed E-state index contributed by atoms with van der Waals surface area (Å²) in [5.41, 5.74) is 0.501. The summed E-state index contributed by atoms with van der Waals surface area (Å²) < 4.78 is 35.3. The summed E-state index contributed by atoms with van der Waals surface area (Å²) in [6, 6.07) is 12.6. The smallest absolute Gasteiger partial charge is 0.262 e.